The van der Waals surface area contributed by atoms with E-state index >= 15 is 0 Å². The van der Waals surface area contributed by atoms with E-state index in [0.717, 1.165) is 38.7 Å². The molecule has 0 fully saturated rings. The van der Waals surface area contributed by atoms with Crippen LogP contribution in [0.2, 0.25) is 0 Å². The summed E-state index contributed by atoms with van der Waals surface area (Å²) in [5.74, 6) is -0.523. The molecule has 0 aliphatic carbocycles. The van der Waals surface area contributed by atoms with Crippen LogP contribution in [-0.4, -0.2) is 20.9 Å². The lowest BCUT2D eigenvalue weighted by Gasteiger charge is -2.22. The van der Waals surface area contributed by atoms with E-state index < -0.39 is 6.04 Å². The summed E-state index contributed by atoms with van der Waals surface area (Å²) >= 11 is 0. The van der Waals surface area contributed by atoms with Crippen LogP contribution in [0.1, 0.15) is 34.1 Å². The molecule has 5 rings (SSSR count). The van der Waals surface area contributed by atoms with Gasteiger partial charge in [-0.25, -0.2) is 9.37 Å². The van der Waals surface area contributed by atoms with Crippen molar-refractivity contribution in [3.63, 3.8) is 0 Å². The molecule has 0 saturated carbocycles. The Kier molecular flexibility index (Phi) is 7.26. The summed E-state index contributed by atoms with van der Waals surface area (Å²) in [5.41, 5.74) is 6.15. The lowest BCUT2D eigenvalue weighted by atomic mass is 9.95. The Labute approximate surface area is 222 Å². The Hall–Kier alpha value is -4.40. The van der Waals surface area contributed by atoms with Gasteiger partial charge in [0.15, 0.2) is 0 Å². The molecule has 2 N–H and O–H groups in total. The van der Waals surface area contributed by atoms with Crippen molar-refractivity contribution >= 4 is 31.4 Å². The number of pyridine rings is 2. The molecular formula is C30H25FN5OP. The normalized spacial score (nSPS) is 11.7. The molecule has 6 nitrogen and oxygen atoms in total. The predicted octanol–water partition coefficient (Wildman–Crippen LogP) is 5.09. The lowest BCUT2D eigenvalue weighted by molar-refractivity contribution is -0.121. The van der Waals surface area contributed by atoms with Gasteiger partial charge in [0.2, 0.25) is 5.91 Å². The fraction of sp³-hybridized carbons (Fsp3) is 0.133. The molecular weight excluding hydrogens is 496 g/mol. The number of halogens is 1. The van der Waals surface area contributed by atoms with Gasteiger partial charge in [-0.2, -0.15) is 5.26 Å². The number of aromatic nitrogens is 3. The van der Waals surface area contributed by atoms with E-state index in [1.807, 2.05) is 37.4 Å². The number of aromatic amines is 1. The summed E-state index contributed by atoms with van der Waals surface area (Å²) in [5, 5.41) is 14.2. The molecule has 2 atom stereocenters. The highest BCUT2D eigenvalue weighted by molar-refractivity contribution is 7.27. The van der Waals surface area contributed by atoms with Gasteiger partial charge < -0.3 is 10.3 Å². The van der Waals surface area contributed by atoms with E-state index in [1.165, 1.54) is 12.1 Å². The van der Waals surface area contributed by atoms with Crippen LogP contribution >= 0.6 is 9.24 Å². The first-order chi connectivity index (χ1) is 18.4. The number of nitriles is 1. The van der Waals surface area contributed by atoms with Gasteiger partial charge in [-0.3, -0.25) is 9.78 Å². The zero-order valence-electron chi connectivity index (χ0n) is 20.7. The number of rotatable bonds is 7. The molecule has 38 heavy (non-hydrogen) atoms. The highest BCUT2D eigenvalue weighted by Gasteiger charge is 2.22. The Morgan fingerprint density at radius 3 is 2.82 bits per heavy atom. The van der Waals surface area contributed by atoms with Crippen molar-refractivity contribution in [1.82, 2.24) is 20.3 Å². The van der Waals surface area contributed by atoms with Crippen molar-refractivity contribution in [3.8, 4) is 17.2 Å². The van der Waals surface area contributed by atoms with Crippen LogP contribution in [0, 0.1) is 24.1 Å². The van der Waals surface area contributed by atoms with Gasteiger partial charge in [-0.15, -0.1) is 9.24 Å². The van der Waals surface area contributed by atoms with Crippen LogP contribution in [0.3, 0.4) is 0 Å². The topological polar surface area (TPSA) is 94.5 Å². The van der Waals surface area contributed by atoms with Crippen molar-refractivity contribution in [2.24, 2.45) is 0 Å². The maximum atomic E-state index is 14.2. The van der Waals surface area contributed by atoms with Gasteiger partial charge in [0.1, 0.15) is 17.6 Å². The molecule has 5 aromatic rings. The summed E-state index contributed by atoms with van der Waals surface area (Å²) in [6.45, 7) is 2.02. The Bertz CT molecular complexity index is 1670. The number of nitrogens with zero attached hydrogens (tertiary/aromatic N) is 3. The molecule has 3 aromatic heterocycles. The number of amides is 1. The van der Waals surface area contributed by atoms with Crippen molar-refractivity contribution in [3.05, 3.63) is 113 Å². The molecule has 0 aliphatic rings. The monoisotopic (exact) mass is 521 g/mol. The fourth-order valence-corrected chi connectivity index (χ4v) is 5.07. The van der Waals surface area contributed by atoms with Crippen molar-refractivity contribution in [2.45, 2.75) is 25.8 Å². The van der Waals surface area contributed by atoms with Gasteiger partial charge >= 0.3 is 0 Å². The van der Waals surface area contributed by atoms with Gasteiger partial charge in [-0.1, -0.05) is 23.8 Å². The highest BCUT2D eigenvalue weighted by atomic mass is 31.0. The minimum absolute atomic E-state index is 0.175. The standard InChI is InChI=1S/C30H25FN5OP/c1-18-4-5-27-26(9-18)21(17-35-27)14-29(37)36-28(12-19-10-22(31)15-24(38)11-19)30-25(3-2-7-34-30)20-6-8-33-23(13-20)16-32/h2-11,13,15,17,28,35H,12,14,38H2,1H3,(H,36,37). The van der Waals surface area contributed by atoms with Crippen LogP contribution in [0.4, 0.5) is 4.39 Å². The van der Waals surface area contributed by atoms with Crippen LogP contribution in [0.15, 0.2) is 79.3 Å². The number of hydrogen-bond donors (Lipinski definition) is 2. The zero-order valence-corrected chi connectivity index (χ0v) is 21.9. The molecule has 0 aliphatic heterocycles. The SMILES string of the molecule is Cc1ccc2[nH]cc(CC(=O)NC(Cc3cc(F)cc(P)c3)c3ncccc3-c3ccnc(C#N)c3)c2c1. The number of benzene rings is 2. The molecule has 2 aromatic carbocycles. The summed E-state index contributed by atoms with van der Waals surface area (Å²) in [6.07, 6.45) is 5.61. The number of H-pyrrole nitrogens is 1. The Morgan fingerprint density at radius 1 is 1.13 bits per heavy atom. The zero-order chi connectivity index (χ0) is 26.6. The smallest absolute Gasteiger partial charge is 0.225 e. The first-order valence-electron chi connectivity index (χ1n) is 12.1. The highest BCUT2D eigenvalue weighted by Crippen LogP contribution is 2.29. The predicted molar refractivity (Wildman–Crippen MR) is 149 cm³/mol. The molecule has 2 unspecified atom stereocenters. The van der Waals surface area contributed by atoms with E-state index in [-0.39, 0.29) is 23.8 Å². The Morgan fingerprint density at radius 2 is 2.00 bits per heavy atom. The van der Waals surface area contributed by atoms with Crippen LogP contribution < -0.4 is 10.6 Å². The Balaban J connectivity index is 1.51. The fourth-order valence-electron chi connectivity index (χ4n) is 4.70. The third-order valence-corrected chi connectivity index (χ3v) is 6.72. The average molecular weight is 522 g/mol. The molecule has 0 bridgehead atoms. The summed E-state index contributed by atoms with van der Waals surface area (Å²) in [4.78, 5) is 25.4. The first kappa shape index (κ1) is 25.3. The number of nitrogens with one attached hydrogen (secondary N) is 2. The number of hydrogen-bond acceptors (Lipinski definition) is 4. The van der Waals surface area contributed by atoms with Crippen LogP contribution in [0.25, 0.3) is 22.0 Å². The minimum Gasteiger partial charge on any atom is -0.361 e. The molecule has 0 saturated heterocycles. The van der Waals surface area contributed by atoms with E-state index in [2.05, 4.69) is 41.6 Å². The van der Waals surface area contributed by atoms with Crippen LogP contribution in [-0.2, 0) is 17.6 Å². The number of aryl methyl sites for hydroxylation is 1. The second kappa shape index (κ2) is 10.9. The third kappa shape index (κ3) is 5.61. The number of carbonyl (C=O) groups is 1. The van der Waals surface area contributed by atoms with Crippen molar-refractivity contribution in [2.75, 3.05) is 0 Å². The minimum atomic E-state index is -0.546. The maximum absolute atomic E-state index is 14.2. The van der Waals surface area contributed by atoms with Gasteiger partial charge in [0, 0.05) is 35.1 Å². The second-order valence-corrected chi connectivity index (χ2v) is 9.90. The lowest BCUT2D eigenvalue weighted by Crippen LogP contribution is -2.32. The largest absolute Gasteiger partial charge is 0.361 e. The van der Waals surface area contributed by atoms with E-state index in [0.29, 0.717) is 17.4 Å². The maximum Gasteiger partial charge on any atom is 0.225 e. The van der Waals surface area contributed by atoms with Crippen molar-refractivity contribution < 1.29 is 9.18 Å². The molecule has 188 valence electrons. The summed E-state index contributed by atoms with van der Waals surface area (Å²) in [7, 11) is 2.52. The van der Waals surface area contributed by atoms with E-state index in [9.17, 15) is 14.4 Å². The van der Waals surface area contributed by atoms with Crippen molar-refractivity contribution in [1.29, 1.82) is 5.26 Å². The van der Waals surface area contributed by atoms with E-state index in [1.54, 1.807) is 30.6 Å². The van der Waals surface area contributed by atoms with Crippen LogP contribution in [0.5, 0.6) is 0 Å². The quantitative estimate of drug-likeness (QED) is 0.292. The number of carbonyl (C=O) groups excluding carboxylic acids is 1. The van der Waals surface area contributed by atoms with Gasteiger partial charge in [-0.05, 0) is 77.8 Å². The second-order valence-electron chi connectivity index (χ2n) is 9.23. The van der Waals surface area contributed by atoms with E-state index in [4.69, 9.17) is 0 Å². The summed E-state index contributed by atoms with van der Waals surface area (Å²) < 4.78 is 14.2. The summed E-state index contributed by atoms with van der Waals surface area (Å²) in [6, 6.07) is 19.6. The first-order valence-corrected chi connectivity index (χ1v) is 12.7. The van der Waals surface area contributed by atoms with Gasteiger partial charge in [0.25, 0.3) is 0 Å². The molecule has 0 radical (unpaired) electrons. The molecule has 0 spiro atoms. The molecule has 3 heterocycles. The average Bonchev–Trinajstić information content (AvgIpc) is 3.29. The molecule has 1 amide bonds. The molecule has 8 heteroatoms. The third-order valence-electron chi connectivity index (χ3n) is 6.38. The van der Waals surface area contributed by atoms with Gasteiger partial charge in [0.05, 0.1) is 18.2 Å². The number of fused-ring (bicyclic) bond motifs is 1.